The molecule has 94 valence electrons. The van der Waals surface area contributed by atoms with E-state index in [4.69, 9.17) is 5.73 Å². The first kappa shape index (κ1) is 12.9. The first-order valence-electron chi connectivity index (χ1n) is 6.21. The highest BCUT2D eigenvalue weighted by Crippen LogP contribution is 2.20. The lowest BCUT2D eigenvalue weighted by Crippen LogP contribution is -2.53. The molecule has 3 nitrogen and oxygen atoms in total. The molecule has 1 aromatic carbocycles. The van der Waals surface area contributed by atoms with Crippen molar-refractivity contribution in [1.29, 1.82) is 0 Å². The molecule has 1 unspecified atom stereocenters. The van der Waals surface area contributed by atoms with E-state index in [2.05, 4.69) is 56.9 Å². The molecule has 1 atom stereocenters. The first-order chi connectivity index (χ1) is 8.20. The normalized spacial score (nSPS) is 19.4. The van der Waals surface area contributed by atoms with Gasteiger partial charge in [0.25, 0.3) is 0 Å². The van der Waals surface area contributed by atoms with Crippen LogP contribution in [0.3, 0.4) is 0 Å². The Labute approximate surface area is 112 Å². The first-order valence-corrected chi connectivity index (χ1v) is 7.00. The van der Waals surface area contributed by atoms with Gasteiger partial charge in [0.1, 0.15) is 0 Å². The Kier molecular flexibility index (Phi) is 4.42. The SMILES string of the molecule is CCC(N)N1CCN(c2ccc(Br)cc2)CC1. The monoisotopic (exact) mass is 297 g/mol. The zero-order chi connectivity index (χ0) is 12.3. The van der Waals surface area contributed by atoms with Crippen molar-refractivity contribution in [2.24, 2.45) is 5.73 Å². The van der Waals surface area contributed by atoms with Gasteiger partial charge in [0.15, 0.2) is 0 Å². The Hall–Kier alpha value is -0.580. The lowest BCUT2D eigenvalue weighted by molar-refractivity contribution is 0.184. The highest BCUT2D eigenvalue weighted by atomic mass is 79.9. The molecule has 0 saturated carbocycles. The Balaban J connectivity index is 1.93. The van der Waals surface area contributed by atoms with Crippen LogP contribution < -0.4 is 10.6 Å². The summed E-state index contributed by atoms with van der Waals surface area (Å²) >= 11 is 3.46. The minimum atomic E-state index is 0.224. The third-order valence-electron chi connectivity index (χ3n) is 3.39. The number of nitrogens with zero attached hydrogens (tertiary/aromatic N) is 2. The fourth-order valence-electron chi connectivity index (χ4n) is 2.22. The van der Waals surface area contributed by atoms with Gasteiger partial charge in [0.05, 0.1) is 6.17 Å². The van der Waals surface area contributed by atoms with E-state index in [9.17, 15) is 0 Å². The van der Waals surface area contributed by atoms with Crippen LogP contribution in [-0.4, -0.2) is 37.2 Å². The van der Waals surface area contributed by atoms with Crippen molar-refractivity contribution >= 4 is 21.6 Å². The third-order valence-corrected chi connectivity index (χ3v) is 3.92. The molecule has 0 aromatic heterocycles. The van der Waals surface area contributed by atoms with Crippen LogP contribution in [0.25, 0.3) is 0 Å². The summed E-state index contributed by atoms with van der Waals surface area (Å²) in [5.74, 6) is 0. The van der Waals surface area contributed by atoms with Crippen LogP contribution >= 0.6 is 15.9 Å². The second kappa shape index (κ2) is 5.85. The lowest BCUT2D eigenvalue weighted by Gasteiger charge is -2.38. The standard InChI is InChI=1S/C13H20BrN3/c1-2-13(15)17-9-7-16(8-10-17)12-5-3-11(14)4-6-12/h3-6,13H,2,7-10,15H2,1H3. The number of halogens is 1. The fraction of sp³-hybridized carbons (Fsp3) is 0.538. The number of benzene rings is 1. The van der Waals surface area contributed by atoms with E-state index >= 15 is 0 Å². The molecule has 2 rings (SSSR count). The summed E-state index contributed by atoms with van der Waals surface area (Å²) in [6.45, 7) is 6.40. The number of hydrogen-bond acceptors (Lipinski definition) is 3. The van der Waals surface area contributed by atoms with E-state index in [1.807, 2.05) is 0 Å². The van der Waals surface area contributed by atoms with Gasteiger partial charge in [-0.2, -0.15) is 0 Å². The molecule has 4 heteroatoms. The Morgan fingerprint density at radius 1 is 1.18 bits per heavy atom. The summed E-state index contributed by atoms with van der Waals surface area (Å²) < 4.78 is 1.13. The second-order valence-corrected chi connectivity index (χ2v) is 5.39. The van der Waals surface area contributed by atoms with Gasteiger partial charge >= 0.3 is 0 Å². The van der Waals surface area contributed by atoms with Crippen molar-refractivity contribution in [3.63, 3.8) is 0 Å². The van der Waals surface area contributed by atoms with Crippen LogP contribution in [0.2, 0.25) is 0 Å². The van der Waals surface area contributed by atoms with Gasteiger partial charge in [-0.05, 0) is 30.7 Å². The van der Waals surface area contributed by atoms with Crippen molar-refractivity contribution in [2.45, 2.75) is 19.5 Å². The Morgan fingerprint density at radius 3 is 2.29 bits per heavy atom. The van der Waals surface area contributed by atoms with E-state index in [1.165, 1.54) is 5.69 Å². The molecular weight excluding hydrogens is 278 g/mol. The maximum absolute atomic E-state index is 6.05. The quantitative estimate of drug-likeness (QED) is 0.929. The molecule has 1 saturated heterocycles. The Morgan fingerprint density at radius 2 is 1.76 bits per heavy atom. The van der Waals surface area contributed by atoms with Crippen LogP contribution in [0.5, 0.6) is 0 Å². The van der Waals surface area contributed by atoms with Gasteiger partial charge in [0.2, 0.25) is 0 Å². The molecule has 0 aliphatic carbocycles. The summed E-state index contributed by atoms with van der Waals surface area (Å²) in [6.07, 6.45) is 1.25. The maximum Gasteiger partial charge on any atom is 0.0570 e. The molecule has 1 aliphatic heterocycles. The zero-order valence-electron chi connectivity index (χ0n) is 10.3. The summed E-state index contributed by atoms with van der Waals surface area (Å²) in [6, 6.07) is 8.53. The van der Waals surface area contributed by atoms with Gasteiger partial charge in [-0.15, -0.1) is 0 Å². The number of piperazine rings is 1. The smallest absolute Gasteiger partial charge is 0.0570 e. The molecule has 1 aromatic rings. The average Bonchev–Trinajstić information content (AvgIpc) is 2.39. The summed E-state index contributed by atoms with van der Waals surface area (Å²) in [7, 11) is 0. The summed E-state index contributed by atoms with van der Waals surface area (Å²) in [5.41, 5.74) is 7.36. The number of anilines is 1. The molecule has 0 bridgehead atoms. The molecule has 1 fully saturated rings. The molecule has 0 spiro atoms. The van der Waals surface area contributed by atoms with E-state index in [0.29, 0.717) is 0 Å². The highest BCUT2D eigenvalue weighted by molar-refractivity contribution is 9.10. The van der Waals surface area contributed by atoms with Crippen LogP contribution in [0.15, 0.2) is 28.7 Å². The minimum absolute atomic E-state index is 0.224. The predicted octanol–water partition coefficient (Wildman–Crippen LogP) is 2.27. The molecule has 0 radical (unpaired) electrons. The van der Waals surface area contributed by atoms with Crippen LogP contribution in [0.4, 0.5) is 5.69 Å². The largest absolute Gasteiger partial charge is 0.369 e. The van der Waals surface area contributed by atoms with E-state index < -0.39 is 0 Å². The molecule has 2 N–H and O–H groups in total. The van der Waals surface area contributed by atoms with Crippen molar-refractivity contribution in [2.75, 3.05) is 31.1 Å². The van der Waals surface area contributed by atoms with Crippen LogP contribution in [-0.2, 0) is 0 Å². The number of nitrogens with two attached hydrogens (primary N) is 1. The van der Waals surface area contributed by atoms with Gasteiger partial charge in [-0.3, -0.25) is 4.90 Å². The van der Waals surface area contributed by atoms with Gasteiger partial charge < -0.3 is 10.6 Å². The highest BCUT2D eigenvalue weighted by Gasteiger charge is 2.20. The van der Waals surface area contributed by atoms with Crippen molar-refractivity contribution in [3.8, 4) is 0 Å². The Bertz CT molecular complexity index is 344. The topological polar surface area (TPSA) is 32.5 Å². The molecule has 1 aliphatic rings. The van der Waals surface area contributed by atoms with E-state index in [-0.39, 0.29) is 6.17 Å². The third kappa shape index (κ3) is 3.21. The maximum atomic E-state index is 6.05. The van der Waals surface area contributed by atoms with Crippen molar-refractivity contribution in [1.82, 2.24) is 4.90 Å². The van der Waals surface area contributed by atoms with Gasteiger partial charge in [-0.25, -0.2) is 0 Å². The number of hydrogen-bond donors (Lipinski definition) is 1. The molecular formula is C13H20BrN3. The van der Waals surface area contributed by atoms with E-state index in [0.717, 1.165) is 37.1 Å². The molecule has 17 heavy (non-hydrogen) atoms. The van der Waals surface area contributed by atoms with Crippen molar-refractivity contribution in [3.05, 3.63) is 28.7 Å². The molecule has 1 heterocycles. The van der Waals surface area contributed by atoms with Gasteiger partial charge in [-0.1, -0.05) is 22.9 Å². The van der Waals surface area contributed by atoms with Crippen LogP contribution in [0, 0.1) is 0 Å². The van der Waals surface area contributed by atoms with Gasteiger partial charge in [0, 0.05) is 36.3 Å². The molecule has 0 amide bonds. The van der Waals surface area contributed by atoms with Crippen molar-refractivity contribution < 1.29 is 0 Å². The fourth-order valence-corrected chi connectivity index (χ4v) is 2.49. The average molecular weight is 298 g/mol. The summed E-state index contributed by atoms with van der Waals surface area (Å²) in [4.78, 5) is 4.79. The minimum Gasteiger partial charge on any atom is -0.369 e. The second-order valence-electron chi connectivity index (χ2n) is 4.48. The van der Waals surface area contributed by atoms with Crippen LogP contribution in [0.1, 0.15) is 13.3 Å². The van der Waals surface area contributed by atoms with E-state index in [1.54, 1.807) is 0 Å². The number of rotatable bonds is 3. The lowest BCUT2D eigenvalue weighted by atomic mass is 10.2. The summed E-state index contributed by atoms with van der Waals surface area (Å²) in [5, 5.41) is 0. The zero-order valence-corrected chi connectivity index (χ0v) is 11.9. The predicted molar refractivity (Wildman–Crippen MR) is 76.2 cm³/mol.